The minimum atomic E-state index is 0.545. The van der Waals surface area contributed by atoms with E-state index in [2.05, 4.69) is 274 Å². The molecule has 16 aromatic rings. The molecule has 2 heteroatoms. The fraction of sp³-hybridized carbons (Fsp3) is 0.0714. The van der Waals surface area contributed by atoms with Crippen molar-refractivity contribution in [3.05, 3.63) is 408 Å². The molecule has 22 aliphatic rings. The first kappa shape index (κ1) is 71.2. The van der Waals surface area contributed by atoms with Crippen LogP contribution in [-0.2, 0) is 0 Å². The average Bonchev–Trinajstić information content (AvgIpc) is 0.760. The molecule has 0 unspecified atom stereocenters. The Kier molecular flexibility index (Phi) is 20.9. The molecule has 0 aliphatic heterocycles. The van der Waals surface area contributed by atoms with Gasteiger partial charge < -0.3 is 9.47 Å². The minimum absolute atomic E-state index is 0.545. The second kappa shape index (κ2) is 33.4. The van der Waals surface area contributed by atoms with Crippen molar-refractivity contribution in [3.8, 4) is 11.5 Å². The molecule has 20 bridgehead atoms. The van der Waals surface area contributed by atoms with E-state index in [0.29, 0.717) is 24.7 Å². The number of hydrogen-bond acceptors (Lipinski definition) is 2. The van der Waals surface area contributed by atoms with Crippen molar-refractivity contribution in [1.82, 2.24) is 0 Å². The van der Waals surface area contributed by atoms with Crippen LogP contribution in [0.3, 0.4) is 0 Å². The topological polar surface area (TPSA) is 18.5 Å². The normalized spacial score (nSPS) is 11.1. The van der Waals surface area contributed by atoms with E-state index in [1.165, 1.54) is 0 Å². The molecule has 0 amide bonds. The molecule has 0 fully saturated rings. The summed E-state index contributed by atoms with van der Waals surface area (Å²) in [4.78, 5) is 0. The molecule has 0 radical (unpaired) electrons. The van der Waals surface area contributed by atoms with Crippen molar-refractivity contribution >= 4 is 179 Å². The van der Waals surface area contributed by atoms with Crippen LogP contribution < -0.4 is 114 Å². The van der Waals surface area contributed by atoms with Gasteiger partial charge in [0, 0.05) is 106 Å². The summed E-state index contributed by atoms with van der Waals surface area (Å²) in [5.74, 6) is 1.33. The molecule has 0 saturated heterocycles. The van der Waals surface area contributed by atoms with Gasteiger partial charge in [-0.1, -0.05) is 287 Å². The van der Waals surface area contributed by atoms with Crippen LogP contribution in [0, 0.1) is 0 Å². The summed E-state index contributed by atoms with van der Waals surface area (Å²) >= 11 is 0. The lowest BCUT2D eigenvalue weighted by molar-refractivity contribution is 0.297. The largest absolute Gasteiger partial charge is 0.492 e. The third-order valence-electron chi connectivity index (χ3n) is 20.1. The number of ether oxygens (including phenoxy) is 2. The first-order chi connectivity index (χ1) is 56.4. The molecule has 0 spiro atoms. The summed E-state index contributed by atoms with van der Waals surface area (Å²) < 4.78 is 13.0. The van der Waals surface area contributed by atoms with Gasteiger partial charge in [-0.3, -0.25) is 0 Å². The van der Waals surface area contributed by atoms with Crippen LogP contribution in [0.5, 0.6) is 11.5 Å². The first-order valence-electron chi connectivity index (χ1n) is 38.4. The fourth-order valence-electron chi connectivity index (χ4n) is 14.0. The van der Waals surface area contributed by atoms with Gasteiger partial charge in [0.15, 0.2) is 0 Å². The molecular weight excluding hydrogens is 1380 g/mol. The predicted octanol–water partition coefficient (Wildman–Crippen LogP) is 9.43. The van der Waals surface area contributed by atoms with Crippen molar-refractivity contribution in [1.29, 1.82) is 0 Å². The summed E-state index contributed by atoms with van der Waals surface area (Å²) in [6, 6.07) is 103. The van der Waals surface area contributed by atoms with Gasteiger partial charge in [-0.05, 0) is 223 Å². The summed E-state index contributed by atoms with van der Waals surface area (Å²) in [5.41, 5.74) is 69.7. The van der Waals surface area contributed by atoms with Gasteiger partial charge in [0.25, 0.3) is 0 Å². The number of hydrogen-bond donors (Lipinski definition) is 0. The Bertz CT molecular complexity index is 7980. The molecule has 0 saturated carbocycles. The molecular formula is C112H68O2. The molecule has 0 heterocycles. The maximum absolute atomic E-state index is 6.50. The lowest BCUT2D eigenvalue weighted by atomic mass is 9.98. The molecule has 38 rings (SSSR count). The lowest BCUT2D eigenvalue weighted by Crippen LogP contribution is -2.17. The zero-order valence-electron chi connectivity index (χ0n) is 62.9. The number of benzene rings is 16. The van der Waals surface area contributed by atoms with E-state index in [-0.39, 0.29) is 0 Å². The third-order valence-corrected chi connectivity index (χ3v) is 20.1. The first-order valence-corrected chi connectivity index (χ1v) is 38.4. The zero-order chi connectivity index (χ0) is 76.8. The second-order valence-electron chi connectivity index (χ2n) is 27.7. The highest BCUT2D eigenvalue weighted by Crippen LogP contribution is 2.17. The Morgan fingerprint density at radius 2 is 0.316 bits per heavy atom. The van der Waals surface area contributed by atoms with Crippen molar-refractivity contribution in [2.45, 2.75) is 39.5 Å². The van der Waals surface area contributed by atoms with Crippen LogP contribution in [0.25, 0.3) is 179 Å². The molecule has 0 atom stereocenters. The Labute approximate surface area is 656 Å². The van der Waals surface area contributed by atoms with Crippen LogP contribution in [0.2, 0.25) is 0 Å². The van der Waals surface area contributed by atoms with Crippen molar-refractivity contribution in [2.24, 2.45) is 0 Å². The van der Waals surface area contributed by atoms with Crippen LogP contribution >= 0.6 is 0 Å². The highest BCUT2D eigenvalue weighted by atomic mass is 16.5. The standard InChI is InChI=1S/C112H68O2/c1-3-5-75-113-111-77-92-68-60-84-45-57-90(58-46-84)66-74-110-103-29-17-13-25-99(103)108(100-26-14-18-30-104(100)110)72-64-88-53-41-82(42-54-88)34-32-80-37-49-86(50-38-80)62-70-106-95-21-9-7-19-93(95)105(94-20-8-10-22-96(94)106)69-61-85-47-35-79(36-48-85)31-33-81-39-51-87(52-40-81)63-71-107-97-23-11-15-27-101(97)109(102-28-16-12-24-98(102)107)73-65-89-55-43-83(44-56-89)59-67-91(111)78-112(92)114-76-6-4-2/h7-30,35-58,77-78H,3-6,75-76H2,1-2H3. The van der Waals surface area contributed by atoms with E-state index in [4.69, 9.17) is 9.47 Å². The quantitative estimate of drug-likeness (QED) is 0.112. The predicted molar refractivity (Wildman–Crippen MR) is 471 cm³/mol. The Morgan fingerprint density at radius 1 is 0.175 bits per heavy atom. The zero-order valence-corrected chi connectivity index (χ0v) is 62.9. The Hall–Kier alpha value is -15.7. The maximum Gasteiger partial charge on any atom is 0.136 e. The molecule has 528 valence electrons. The summed E-state index contributed by atoms with van der Waals surface area (Å²) in [6.07, 6.45) is 3.77. The molecule has 22 aliphatic carbocycles. The molecule has 2 nitrogen and oxygen atoms in total. The van der Waals surface area contributed by atoms with E-state index in [0.717, 1.165) is 195 Å². The number of unbranched alkanes of at least 4 members (excludes halogenated alkanes) is 2. The van der Waals surface area contributed by atoms with Crippen LogP contribution in [0.15, 0.2) is 303 Å². The average molecular weight is 1450 g/mol. The summed E-state index contributed by atoms with van der Waals surface area (Å²) in [5, 5.41) is 30.3. The van der Waals surface area contributed by atoms with Gasteiger partial charge >= 0.3 is 0 Å². The number of rotatable bonds is 8. The van der Waals surface area contributed by atoms with Gasteiger partial charge in [-0.2, -0.15) is 0 Å². The van der Waals surface area contributed by atoms with Crippen LogP contribution in [-0.4, -0.2) is 13.2 Å². The maximum atomic E-state index is 6.50. The minimum Gasteiger partial charge on any atom is -0.492 e. The van der Waals surface area contributed by atoms with Gasteiger partial charge in [-0.25, -0.2) is 0 Å². The molecule has 0 N–H and O–H groups in total. The highest BCUT2D eigenvalue weighted by Gasteiger charge is 2.10. The molecule has 0 aromatic heterocycles. The van der Waals surface area contributed by atoms with Gasteiger partial charge in [0.1, 0.15) is 11.5 Å². The van der Waals surface area contributed by atoms with Crippen molar-refractivity contribution in [2.75, 3.05) is 13.2 Å². The van der Waals surface area contributed by atoms with Crippen molar-refractivity contribution < 1.29 is 9.47 Å². The Balaban J connectivity index is 0.865. The SMILES string of the molecule is CCCCOc1cc2c(OCCCC)cc1=C=C=c1ccc(cc1)=C=C=c1c3ccccc3c(c3ccccc13)=C=C=c1ccc(cc1)=C=C=c1ccc(cc1)=C=C=c1c3ccccc3c(c3ccccc13)=C=C=c1ccc(cc1)=C=C=c1ccc(cc1)=C=C=c1c3ccccc3c(c3ccccc13)=C=C=c1ccc(cc1)=C=C=2. The Morgan fingerprint density at radius 3 is 0.465 bits per heavy atom. The van der Waals surface area contributed by atoms with Crippen molar-refractivity contribution in [3.63, 3.8) is 0 Å². The third kappa shape index (κ3) is 15.9. The van der Waals surface area contributed by atoms with Gasteiger partial charge in [-0.15, -0.1) is 0 Å². The molecule has 16 aromatic carbocycles. The second-order valence-corrected chi connectivity index (χ2v) is 27.7. The fourth-order valence-corrected chi connectivity index (χ4v) is 14.0. The highest BCUT2D eigenvalue weighted by molar-refractivity contribution is 6.03. The molecule has 114 heavy (non-hydrogen) atoms. The van der Waals surface area contributed by atoms with Gasteiger partial charge in [0.05, 0.1) is 23.7 Å². The van der Waals surface area contributed by atoms with Crippen LogP contribution in [0.1, 0.15) is 39.5 Å². The summed E-state index contributed by atoms with van der Waals surface area (Å²) in [7, 11) is 0. The van der Waals surface area contributed by atoms with E-state index in [1.807, 2.05) is 158 Å². The smallest absolute Gasteiger partial charge is 0.136 e. The van der Waals surface area contributed by atoms with Gasteiger partial charge in [0.2, 0.25) is 0 Å². The van der Waals surface area contributed by atoms with E-state index in [1.54, 1.807) is 0 Å². The summed E-state index contributed by atoms with van der Waals surface area (Å²) in [6.45, 7) is 5.40. The van der Waals surface area contributed by atoms with E-state index < -0.39 is 0 Å². The van der Waals surface area contributed by atoms with E-state index >= 15 is 0 Å². The van der Waals surface area contributed by atoms with Crippen LogP contribution in [0.4, 0.5) is 0 Å². The monoisotopic (exact) mass is 1440 g/mol. The lowest BCUT2D eigenvalue weighted by Gasteiger charge is -2.09. The van der Waals surface area contributed by atoms with E-state index in [9.17, 15) is 0 Å².